The molecular weight excluding hydrogens is 234 g/mol. The molecule has 19 heavy (non-hydrogen) atoms. The second-order valence-corrected chi connectivity index (χ2v) is 6.90. The highest BCUT2D eigenvalue weighted by molar-refractivity contribution is 4.91. The Morgan fingerprint density at radius 3 is 2.74 bits per heavy atom. The lowest BCUT2D eigenvalue weighted by molar-refractivity contribution is 0.158. The molecule has 0 bridgehead atoms. The Bertz CT molecular complexity index is 277. The van der Waals surface area contributed by atoms with Crippen LogP contribution in [0.5, 0.6) is 0 Å². The van der Waals surface area contributed by atoms with Crippen LogP contribution in [-0.2, 0) is 0 Å². The second-order valence-electron chi connectivity index (χ2n) is 6.90. The smallest absolute Gasteiger partial charge is 0.0207 e. The average molecular weight is 265 g/mol. The van der Waals surface area contributed by atoms with Gasteiger partial charge in [0.15, 0.2) is 0 Å². The van der Waals surface area contributed by atoms with Gasteiger partial charge in [0.2, 0.25) is 0 Å². The largest absolute Gasteiger partial charge is 0.313 e. The van der Waals surface area contributed by atoms with Crippen LogP contribution < -0.4 is 5.32 Å². The van der Waals surface area contributed by atoms with E-state index in [1.165, 1.54) is 77.7 Å². The normalized spacial score (nSPS) is 33.9. The van der Waals surface area contributed by atoms with Gasteiger partial charge >= 0.3 is 0 Å². The van der Waals surface area contributed by atoms with Gasteiger partial charge in [0.05, 0.1) is 0 Å². The molecule has 1 saturated carbocycles. The highest BCUT2D eigenvalue weighted by Crippen LogP contribution is 2.29. The number of hydrogen-bond acceptors (Lipinski definition) is 3. The van der Waals surface area contributed by atoms with Crippen molar-refractivity contribution in [3.63, 3.8) is 0 Å². The minimum Gasteiger partial charge on any atom is -0.313 e. The second kappa shape index (κ2) is 6.55. The van der Waals surface area contributed by atoms with Gasteiger partial charge in [-0.1, -0.05) is 6.42 Å². The van der Waals surface area contributed by atoms with E-state index in [1.807, 2.05) is 0 Å². The number of likely N-dealkylation sites (tertiary alicyclic amines) is 2. The summed E-state index contributed by atoms with van der Waals surface area (Å²) in [6, 6.07) is 2.56. The Balaban J connectivity index is 1.26. The van der Waals surface area contributed by atoms with Crippen LogP contribution in [0, 0.1) is 0 Å². The number of nitrogens with one attached hydrogen (secondary N) is 1. The molecule has 3 heteroatoms. The van der Waals surface area contributed by atoms with Crippen LogP contribution in [0.15, 0.2) is 0 Å². The summed E-state index contributed by atoms with van der Waals surface area (Å²) in [5, 5.41) is 3.78. The molecule has 0 aromatic heterocycles. The lowest BCUT2D eigenvalue weighted by atomic mass is 10.0. The third-order valence-electron chi connectivity index (χ3n) is 5.28. The lowest BCUT2D eigenvalue weighted by Gasteiger charge is -2.33. The standard InChI is InChI=1S/C16H31N3/c1-14-5-2-3-10-18(14)11-4-9-17-15-8-12-19(13-15)16-6-7-16/h14-17H,2-13H2,1H3. The molecule has 1 aliphatic carbocycles. The highest BCUT2D eigenvalue weighted by atomic mass is 15.2. The zero-order valence-electron chi connectivity index (χ0n) is 12.6. The number of piperidine rings is 1. The van der Waals surface area contributed by atoms with E-state index >= 15 is 0 Å². The summed E-state index contributed by atoms with van der Waals surface area (Å²) in [7, 11) is 0. The highest BCUT2D eigenvalue weighted by Gasteiger charge is 2.33. The summed E-state index contributed by atoms with van der Waals surface area (Å²) in [5.74, 6) is 0. The summed E-state index contributed by atoms with van der Waals surface area (Å²) < 4.78 is 0. The van der Waals surface area contributed by atoms with Crippen molar-refractivity contribution in [1.82, 2.24) is 15.1 Å². The van der Waals surface area contributed by atoms with Gasteiger partial charge in [-0.3, -0.25) is 4.90 Å². The van der Waals surface area contributed by atoms with E-state index in [-0.39, 0.29) is 0 Å². The monoisotopic (exact) mass is 265 g/mol. The van der Waals surface area contributed by atoms with Crippen molar-refractivity contribution in [1.29, 1.82) is 0 Å². The molecule has 0 aromatic rings. The van der Waals surface area contributed by atoms with Crippen LogP contribution in [0.2, 0.25) is 0 Å². The van der Waals surface area contributed by atoms with Crippen LogP contribution in [0.25, 0.3) is 0 Å². The van der Waals surface area contributed by atoms with E-state index in [9.17, 15) is 0 Å². The van der Waals surface area contributed by atoms with E-state index in [1.54, 1.807) is 0 Å². The zero-order chi connectivity index (χ0) is 13.1. The van der Waals surface area contributed by atoms with Gasteiger partial charge in [-0.05, 0) is 65.1 Å². The molecule has 0 amide bonds. The van der Waals surface area contributed by atoms with Crippen LogP contribution in [0.4, 0.5) is 0 Å². The molecule has 2 saturated heterocycles. The maximum absolute atomic E-state index is 3.78. The fourth-order valence-electron chi connectivity index (χ4n) is 3.80. The molecule has 3 nitrogen and oxygen atoms in total. The number of rotatable bonds is 6. The van der Waals surface area contributed by atoms with Crippen LogP contribution in [0.1, 0.15) is 51.9 Å². The first kappa shape index (κ1) is 13.8. The molecule has 3 fully saturated rings. The van der Waals surface area contributed by atoms with E-state index in [0.717, 1.165) is 18.1 Å². The summed E-state index contributed by atoms with van der Waals surface area (Å²) in [6.07, 6.45) is 9.87. The topological polar surface area (TPSA) is 18.5 Å². The Kier molecular flexibility index (Phi) is 4.78. The van der Waals surface area contributed by atoms with E-state index in [2.05, 4.69) is 22.0 Å². The molecule has 1 N–H and O–H groups in total. The predicted octanol–water partition coefficient (Wildman–Crippen LogP) is 2.08. The fourth-order valence-corrected chi connectivity index (χ4v) is 3.80. The van der Waals surface area contributed by atoms with Gasteiger partial charge in [0, 0.05) is 31.2 Å². The van der Waals surface area contributed by atoms with Crippen molar-refractivity contribution in [3.05, 3.63) is 0 Å². The third-order valence-corrected chi connectivity index (χ3v) is 5.28. The Hall–Kier alpha value is -0.120. The molecular formula is C16H31N3. The van der Waals surface area contributed by atoms with Gasteiger partial charge in [0.1, 0.15) is 0 Å². The maximum Gasteiger partial charge on any atom is 0.0207 e. The maximum atomic E-state index is 3.78. The van der Waals surface area contributed by atoms with Crippen molar-refractivity contribution in [2.75, 3.05) is 32.7 Å². The van der Waals surface area contributed by atoms with Gasteiger partial charge < -0.3 is 10.2 Å². The predicted molar refractivity (Wildman–Crippen MR) is 80.5 cm³/mol. The summed E-state index contributed by atoms with van der Waals surface area (Å²) in [5.41, 5.74) is 0. The molecule has 0 spiro atoms. The van der Waals surface area contributed by atoms with E-state index < -0.39 is 0 Å². The fraction of sp³-hybridized carbons (Fsp3) is 1.00. The first-order chi connectivity index (χ1) is 9.33. The van der Waals surface area contributed by atoms with Gasteiger partial charge in [-0.2, -0.15) is 0 Å². The Morgan fingerprint density at radius 1 is 1.05 bits per heavy atom. The quantitative estimate of drug-likeness (QED) is 0.742. The van der Waals surface area contributed by atoms with Crippen LogP contribution >= 0.6 is 0 Å². The molecule has 2 heterocycles. The Morgan fingerprint density at radius 2 is 1.95 bits per heavy atom. The summed E-state index contributed by atoms with van der Waals surface area (Å²) in [6.45, 7) is 8.90. The molecule has 0 radical (unpaired) electrons. The van der Waals surface area contributed by atoms with Crippen molar-refractivity contribution < 1.29 is 0 Å². The molecule has 2 atom stereocenters. The van der Waals surface area contributed by atoms with Crippen molar-refractivity contribution in [3.8, 4) is 0 Å². The SMILES string of the molecule is CC1CCCCN1CCCNC1CCN(C2CC2)C1. The van der Waals surface area contributed by atoms with E-state index in [4.69, 9.17) is 0 Å². The minimum absolute atomic E-state index is 0.777. The van der Waals surface area contributed by atoms with Gasteiger partial charge in [-0.25, -0.2) is 0 Å². The molecule has 0 aromatic carbocycles. The molecule has 3 aliphatic rings. The van der Waals surface area contributed by atoms with Crippen molar-refractivity contribution >= 4 is 0 Å². The van der Waals surface area contributed by atoms with Gasteiger partial charge in [-0.15, -0.1) is 0 Å². The first-order valence-corrected chi connectivity index (χ1v) is 8.54. The first-order valence-electron chi connectivity index (χ1n) is 8.54. The number of nitrogens with zero attached hydrogens (tertiary/aromatic N) is 2. The molecule has 2 aliphatic heterocycles. The zero-order valence-corrected chi connectivity index (χ0v) is 12.6. The Labute approximate surface area is 118 Å². The summed E-state index contributed by atoms with van der Waals surface area (Å²) >= 11 is 0. The lowest BCUT2D eigenvalue weighted by Crippen LogP contribution is -2.40. The van der Waals surface area contributed by atoms with E-state index in [0.29, 0.717) is 0 Å². The summed E-state index contributed by atoms with van der Waals surface area (Å²) in [4.78, 5) is 5.39. The number of hydrogen-bond donors (Lipinski definition) is 1. The van der Waals surface area contributed by atoms with Crippen LogP contribution in [-0.4, -0.2) is 60.6 Å². The van der Waals surface area contributed by atoms with Crippen molar-refractivity contribution in [2.24, 2.45) is 0 Å². The van der Waals surface area contributed by atoms with Gasteiger partial charge in [0.25, 0.3) is 0 Å². The van der Waals surface area contributed by atoms with Crippen LogP contribution in [0.3, 0.4) is 0 Å². The molecule has 2 unspecified atom stereocenters. The molecule has 110 valence electrons. The minimum atomic E-state index is 0.777. The molecule has 3 rings (SSSR count). The average Bonchev–Trinajstić information content (AvgIpc) is 3.17. The van der Waals surface area contributed by atoms with Crippen molar-refractivity contribution in [2.45, 2.75) is 70.0 Å². The third kappa shape index (κ3) is 3.93.